The summed E-state index contributed by atoms with van der Waals surface area (Å²) in [6.07, 6.45) is -14.3. The lowest BCUT2D eigenvalue weighted by Gasteiger charge is -2.34. The van der Waals surface area contributed by atoms with E-state index in [1.54, 1.807) is 5.32 Å². The number of hydrogen-bond acceptors (Lipinski definition) is 7. The predicted molar refractivity (Wildman–Crippen MR) is 84.8 cm³/mol. The molecule has 0 aromatic heterocycles. The molecule has 0 aromatic rings. The molecule has 15 heteroatoms. The van der Waals surface area contributed by atoms with Crippen LogP contribution in [0.15, 0.2) is 0 Å². The number of nitrogens with one attached hydrogen (secondary N) is 2. The molecule has 0 aromatic carbocycles. The summed E-state index contributed by atoms with van der Waals surface area (Å²) in [6.45, 7) is 2.41. The molecule has 174 valence electrons. The third-order valence-corrected chi connectivity index (χ3v) is 2.86. The highest BCUT2D eigenvalue weighted by Gasteiger charge is 2.79. The van der Waals surface area contributed by atoms with Crippen molar-refractivity contribution in [2.45, 2.75) is 51.2 Å². The molecule has 2 amide bonds. The van der Waals surface area contributed by atoms with Crippen molar-refractivity contribution in [3.8, 4) is 0 Å². The Morgan fingerprint density at radius 3 is 1.63 bits per heavy atom. The van der Waals surface area contributed by atoms with Gasteiger partial charge in [0.1, 0.15) is 18.7 Å². The number of alkyl halides is 6. The first kappa shape index (κ1) is 27.3. The van der Waals surface area contributed by atoms with Crippen LogP contribution in [-0.2, 0) is 28.6 Å². The Hall–Kier alpha value is -2.74. The average molecular weight is 454 g/mol. The Balaban J connectivity index is 5.60. The molecule has 0 heterocycles. The summed E-state index contributed by atoms with van der Waals surface area (Å²) in [6, 6.07) is 0. The molecule has 0 saturated carbocycles. The number of amides is 2. The van der Waals surface area contributed by atoms with Gasteiger partial charge in [-0.3, -0.25) is 14.4 Å². The number of carbonyl (C=O) groups is 4. The summed E-state index contributed by atoms with van der Waals surface area (Å²) in [7, 11) is 0. The third-order valence-electron chi connectivity index (χ3n) is 2.86. The maximum absolute atomic E-state index is 13.3. The molecule has 0 aliphatic carbocycles. The number of hydrogen-bond donors (Lipinski definition) is 2. The SMILES string of the molecule is CCOC(=O)CNC(=O)C(OC(=O)CNC(=O)OC(C)(C)C)(C(F)(F)F)C(F)(F)F. The van der Waals surface area contributed by atoms with Crippen molar-refractivity contribution in [2.75, 3.05) is 19.7 Å². The minimum absolute atomic E-state index is 0.260. The van der Waals surface area contributed by atoms with Crippen molar-refractivity contribution in [3.63, 3.8) is 0 Å². The number of alkyl carbamates (subject to hydrolysis) is 1. The van der Waals surface area contributed by atoms with Gasteiger partial charge in [-0.05, 0) is 27.7 Å². The molecule has 0 bridgehead atoms. The first-order valence-electron chi connectivity index (χ1n) is 8.13. The summed E-state index contributed by atoms with van der Waals surface area (Å²) in [5.41, 5.74) is -6.72. The fourth-order valence-corrected chi connectivity index (χ4v) is 1.73. The number of ether oxygens (including phenoxy) is 3. The van der Waals surface area contributed by atoms with Crippen LogP contribution in [-0.4, -0.2) is 67.2 Å². The zero-order chi connectivity index (χ0) is 24.0. The van der Waals surface area contributed by atoms with E-state index in [2.05, 4.69) is 14.2 Å². The highest BCUT2D eigenvalue weighted by molar-refractivity contribution is 5.92. The average Bonchev–Trinajstić information content (AvgIpc) is 2.52. The van der Waals surface area contributed by atoms with Crippen molar-refractivity contribution in [1.82, 2.24) is 10.6 Å². The second-order valence-electron chi connectivity index (χ2n) is 6.49. The quantitative estimate of drug-likeness (QED) is 0.341. The van der Waals surface area contributed by atoms with E-state index in [1.165, 1.54) is 27.7 Å². The zero-order valence-electron chi connectivity index (χ0n) is 16.2. The number of halogens is 6. The van der Waals surface area contributed by atoms with Gasteiger partial charge < -0.3 is 24.8 Å². The van der Waals surface area contributed by atoms with Crippen LogP contribution in [0.3, 0.4) is 0 Å². The van der Waals surface area contributed by atoms with Gasteiger partial charge in [0.15, 0.2) is 0 Å². The van der Waals surface area contributed by atoms with E-state index in [0.717, 1.165) is 5.32 Å². The van der Waals surface area contributed by atoms with Gasteiger partial charge in [0, 0.05) is 0 Å². The highest BCUT2D eigenvalue weighted by atomic mass is 19.4. The molecule has 0 aliphatic heterocycles. The Kier molecular flexibility index (Phi) is 8.94. The van der Waals surface area contributed by atoms with Gasteiger partial charge in [0.2, 0.25) is 0 Å². The second kappa shape index (κ2) is 9.84. The Morgan fingerprint density at radius 2 is 1.23 bits per heavy atom. The third kappa shape index (κ3) is 7.59. The van der Waals surface area contributed by atoms with Crippen LogP contribution in [0, 0.1) is 0 Å². The summed E-state index contributed by atoms with van der Waals surface area (Å²) in [5, 5.41) is 2.67. The molecular formula is C15H20F6N2O7. The number of carbonyl (C=O) groups excluding carboxylic acids is 4. The zero-order valence-corrected chi connectivity index (χ0v) is 16.2. The van der Waals surface area contributed by atoms with Gasteiger partial charge in [-0.25, -0.2) is 4.79 Å². The van der Waals surface area contributed by atoms with Crippen LogP contribution in [0.2, 0.25) is 0 Å². The fraction of sp³-hybridized carbons (Fsp3) is 0.733. The highest BCUT2D eigenvalue weighted by Crippen LogP contribution is 2.46. The molecule has 0 unspecified atom stereocenters. The maximum atomic E-state index is 13.3. The molecule has 0 aliphatic rings. The molecule has 0 radical (unpaired) electrons. The van der Waals surface area contributed by atoms with E-state index < -0.39 is 60.6 Å². The van der Waals surface area contributed by atoms with E-state index in [9.17, 15) is 45.5 Å². The lowest BCUT2D eigenvalue weighted by molar-refractivity contribution is -0.352. The van der Waals surface area contributed by atoms with Gasteiger partial charge in [-0.15, -0.1) is 0 Å². The number of rotatable bonds is 7. The van der Waals surface area contributed by atoms with Crippen molar-refractivity contribution in [2.24, 2.45) is 0 Å². The molecule has 0 fully saturated rings. The van der Waals surface area contributed by atoms with E-state index in [0.29, 0.717) is 0 Å². The van der Waals surface area contributed by atoms with Crippen molar-refractivity contribution in [3.05, 3.63) is 0 Å². The van der Waals surface area contributed by atoms with Crippen molar-refractivity contribution in [1.29, 1.82) is 0 Å². The van der Waals surface area contributed by atoms with E-state index in [-0.39, 0.29) is 6.61 Å². The largest absolute Gasteiger partial charge is 0.465 e. The summed E-state index contributed by atoms with van der Waals surface area (Å²) in [4.78, 5) is 45.9. The van der Waals surface area contributed by atoms with Gasteiger partial charge in [-0.2, -0.15) is 26.3 Å². The summed E-state index contributed by atoms with van der Waals surface area (Å²) >= 11 is 0. The number of esters is 2. The molecule has 2 N–H and O–H groups in total. The smallest absolute Gasteiger partial charge is 0.447 e. The van der Waals surface area contributed by atoms with Gasteiger partial charge in [-0.1, -0.05) is 0 Å². The molecule has 0 saturated heterocycles. The summed E-state index contributed by atoms with van der Waals surface area (Å²) < 4.78 is 92.1. The van der Waals surface area contributed by atoms with Crippen LogP contribution < -0.4 is 10.6 Å². The lowest BCUT2D eigenvalue weighted by Crippen LogP contribution is -2.68. The van der Waals surface area contributed by atoms with Crippen LogP contribution in [0.5, 0.6) is 0 Å². The normalized spacial score (nSPS) is 12.6. The monoisotopic (exact) mass is 454 g/mol. The van der Waals surface area contributed by atoms with Gasteiger partial charge >= 0.3 is 36.0 Å². The maximum Gasteiger partial charge on any atom is 0.447 e. The van der Waals surface area contributed by atoms with Crippen LogP contribution >= 0.6 is 0 Å². The van der Waals surface area contributed by atoms with Crippen LogP contribution in [0.1, 0.15) is 27.7 Å². The van der Waals surface area contributed by atoms with E-state index in [4.69, 9.17) is 0 Å². The molecule has 9 nitrogen and oxygen atoms in total. The minimum atomic E-state index is -6.47. The van der Waals surface area contributed by atoms with E-state index >= 15 is 0 Å². The van der Waals surface area contributed by atoms with Gasteiger partial charge in [0.05, 0.1) is 6.61 Å². The Bertz CT molecular complexity index is 641. The Labute approximate surface area is 166 Å². The predicted octanol–water partition coefficient (Wildman–Crippen LogP) is 1.60. The van der Waals surface area contributed by atoms with Crippen molar-refractivity contribution < 1.29 is 59.7 Å². The second-order valence-corrected chi connectivity index (χ2v) is 6.49. The molecular weight excluding hydrogens is 434 g/mol. The van der Waals surface area contributed by atoms with Crippen LogP contribution in [0.25, 0.3) is 0 Å². The molecule has 0 rings (SSSR count). The summed E-state index contributed by atoms with van der Waals surface area (Å²) in [5.74, 6) is -6.45. The first-order chi connectivity index (χ1) is 13.4. The minimum Gasteiger partial charge on any atom is -0.465 e. The standard InChI is InChI=1S/C15H20F6N2O7/c1-5-28-8(24)6-22-10(26)13(14(16,17)18,15(19,20)21)29-9(25)7-23-11(27)30-12(2,3)4/h5-7H2,1-4H3,(H,22,26)(H,23,27). The molecule has 0 atom stereocenters. The molecule has 0 spiro atoms. The first-order valence-corrected chi connectivity index (χ1v) is 8.13. The van der Waals surface area contributed by atoms with Crippen molar-refractivity contribution >= 4 is 23.9 Å². The topological polar surface area (TPSA) is 120 Å². The van der Waals surface area contributed by atoms with Gasteiger partial charge in [0.25, 0.3) is 5.91 Å². The van der Waals surface area contributed by atoms with Crippen LogP contribution in [0.4, 0.5) is 31.1 Å². The lowest BCUT2D eigenvalue weighted by atomic mass is 10.0. The molecule has 30 heavy (non-hydrogen) atoms. The Morgan fingerprint density at radius 1 is 0.767 bits per heavy atom. The van der Waals surface area contributed by atoms with E-state index in [1.807, 2.05) is 0 Å². The fourth-order valence-electron chi connectivity index (χ4n) is 1.73.